The van der Waals surface area contributed by atoms with Crippen molar-refractivity contribution in [3.8, 4) is 0 Å². The molecule has 18 heavy (non-hydrogen) atoms. The van der Waals surface area contributed by atoms with Crippen LogP contribution in [0.4, 0.5) is 0 Å². The Balaban J connectivity index is 5.73. The molecular formula is C14H22O4. The lowest BCUT2D eigenvalue weighted by molar-refractivity contribution is -0.165. The molecule has 0 atom stereocenters. The minimum atomic E-state index is -1.54. The van der Waals surface area contributed by atoms with Gasteiger partial charge in [0.25, 0.3) is 0 Å². The first-order chi connectivity index (χ1) is 8.32. The predicted octanol–water partition coefficient (Wildman–Crippen LogP) is 2.64. The molecule has 0 amide bonds. The van der Waals surface area contributed by atoms with Crippen LogP contribution >= 0.6 is 0 Å². The molecule has 0 spiro atoms. The summed E-state index contributed by atoms with van der Waals surface area (Å²) >= 11 is 0. The second-order valence-electron chi connectivity index (χ2n) is 4.25. The predicted molar refractivity (Wildman–Crippen MR) is 69.9 cm³/mol. The highest BCUT2D eigenvalue weighted by Gasteiger charge is 2.48. The number of hydrogen-bond donors (Lipinski definition) is 0. The van der Waals surface area contributed by atoms with Crippen LogP contribution < -0.4 is 0 Å². The second-order valence-corrected chi connectivity index (χ2v) is 4.25. The van der Waals surface area contributed by atoms with Crippen molar-refractivity contribution in [1.29, 1.82) is 0 Å². The van der Waals surface area contributed by atoms with Crippen LogP contribution in [0, 0.1) is 5.41 Å². The van der Waals surface area contributed by atoms with Gasteiger partial charge < -0.3 is 9.47 Å². The van der Waals surface area contributed by atoms with Crippen molar-refractivity contribution < 1.29 is 19.1 Å². The van der Waals surface area contributed by atoms with E-state index in [9.17, 15) is 9.59 Å². The molecular weight excluding hydrogens is 232 g/mol. The van der Waals surface area contributed by atoms with Crippen LogP contribution in [0.3, 0.4) is 0 Å². The van der Waals surface area contributed by atoms with E-state index in [0.29, 0.717) is 5.57 Å². The van der Waals surface area contributed by atoms with Gasteiger partial charge in [-0.3, -0.25) is 9.59 Å². The number of hydrogen-bond acceptors (Lipinski definition) is 4. The highest BCUT2D eigenvalue weighted by Crippen LogP contribution is 2.33. The summed E-state index contributed by atoms with van der Waals surface area (Å²) in [6.07, 6.45) is 1.55. The van der Waals surface area contributed by atoms with E-state index in [1.165, 1.54) is 0 Å². The maximum absolute atomic E-state index is 12.1. The average Bonchev–Trinajstić information content (AvgIpc) is 2.25. The van der Waals surface area contributed by atoms with E-state index >= 15 is 0 Å². The zero-order valence-electron chi connectivity index (χ0n) is 11.8. The molecule has 0 N–H and O–H groups in total. The van der Waals surface area contributed by atoms with Gasteiger partial charge in [-0.25, -0.2) is 0 Å². The van der Waals surface area contributed by atoms with Gasteiger partial charge in [0.05, 0.1) is 13.2 Å². The van der Waals surface area contributed by atoms with Crippen molar-refractivity contribution in [3.05, 3.63) is 23.8 Å². The Labute approximate surface area is 109 Å². The van der Waals surface area contributed by atoms with E-state index in [-0.39, 0.29) is 13.2 Å². The van der Waals surface area contributed by atoms with Crippen LogP contribution in [0.1, 0.15) is 34.6 Å². The van der Waals surface area contributed by atoms with E-state index in [1.807, 2.05) is 0 Å². The van der Waals surface area contributed by atoms with Gasteiger partial charge in [-0.05, 0) is 40.2 Å². The molecule has 4 nitrogen and oxygen atoms in total. The summed E-state index contributed by atoms with van der Waals surface area (Å²) in [7, 11) is 0. The molecule has 0 aromatic heterocycles. The summed E-state index contributed by atoms with van der Waals surface area (Å²) in [5.74, 6) is -1.28. The normalized spacial score (nSPS) is 10.5. The minimum absolute atomic E-state index is 0.198. The zero-order chi connectivity index (χ0) is 14.3. The van der Waals surface area contributed by atoms with Crippen molar-refractivity contribution in [2.75, 3.05) is 13.2 Å². The SMILES string of the molecule is C=C(C)C(C=C(C)C)(C(=O)OCC)C(=O)OCC. The number of ether oxygens (including phenoxy) is 2. The quantitative estimate of drug-likeness (QED) is 0.415. The number of carbonyl (C=O) groups excluding carboxylic acids is 2. The Bertz CT molecular complexity index is 344. The van der Waals surface area contributed by atoms with Gasteiger partial charge in [0.1, 0.15) is 0 Å². The number of esters is 2. The first kappa shape index (κ1) is 16.4. The van der Waals surface area contributed by atoms with Crippen molar-refractivity contribution in [2.24, 2.45) is 5.41 Å². The Morgan fingerprint density at radius 2 is 1.44 bits per heavy atom. The smallest absolute Gasteiger partial charge is 0.331 e. The lowest BCUT2D eigenvalue weighted by Crippen LogP contribution is -2.41. The maximum atomic E-state index is 12.1. The first-order valence-electron chi connectivity index (χ1n) is 5.99. The van der Waals surface area contributed by atoms with Crippen molar-refractivity contribution in [3.63, 3.8) is 0 Å². The number of allylic oxidation sites excluding steroid dienone is 1. The average molecular weight is 254 g/mol. The van der Waals surface area contributed by atoms with E-state index in [2.05, 4.69) is 6.58 Å². The number of carbonyl (C=O) groups is 2. The molecule has 0 aliphatic rings. The van der Waals surface area contributed by atoms with E-state index < -0.39 is 17.4 Å². The molecule has 0 heterocycles. The molecule has 0 aliphatic carbocycles. The first-order valence-corrected chi connectivity index (χ1v) is 5.99. The fourth-order valence-electron chi connectivity index (χ4n) is 1.60. The Morgan fingerprint density at radius 3 is 1.67 bits per heavy atom. The molecule has 4 heteroatoms. The zero-order valence-corrected chi connectivity index (χ0v) is 11.8. The van der Waals surface area contributed by atoms with Crippen LogP contribution in [-0.4, -0.2) is 25.2 Å². The molecule has 0 aliphatic heterocycles. The van der Waals surface area contributed by atoms with Crippen molar-refractivity contribution >= 4 is 11.9 Å². The van der Waals surface area contributed by atoms with Crippen LogP contribution in [0.15, 0.2) is 23.8 Å². The third-order valence-electron chi connectivity index (χ3n) is 2.37. The molecule has 0 aromatic rings. The Morgan fingerprint density at radius 1 is 1.06 bits per heavy atom. The lowest BCUT2D eigenvalue weighted by Gasteiger charge is -2.27. The molecule has 0 rings (SSSR count). The van der Waals surface area contributed by atoms with Crippen LogP contribution in [0.2, 0.25) is 0 Å². The lowest BCUT2D eigenvalue weighted by atomic mass is 9.80. The number of rotatable bonds is 6. The van der Waals surface area contributed by atoms with Gasteiger partial charge in [0.15, 0.2) is 0 Å². The topological polar surface area (TPSA) is 52.6 Å². The Kier molecular flexibility index (Phi) is 6.37. The minimum Gasteiger partial charge on any atom is -0.465 e. The molecule has 0 bridgehead atoms. The van der Waals surface area contributed by atoms with Gasteiger partial charge in [-0.2, -0.15) is 0 Å². The molecule has 0 aromatic carbocycles. The molecule has 0 radical (unpaired) electrons. The van der Waals surface area contributed by atoms with Gasteiger partial charge >= 0.3 is 11.9 Å². The summed E-state index contributed by atoms with van der Waals surface area (Å²) < 4.78 is 9.98. The summed E-state index contributed by atoms with van der Waals surface area (Å²) in [5.41, 5.74) is -0.329. The van der Waals surface area contributed by atoms with E-state index in [0.717, 1.165) is 5.57 Å². The highest BCUT2D eigenvalue weighted by atomic mass is 16.6. The van der Waals surface area contributed by atoms with Crippen LogP contribution in [0.5, 0.6) is 0 Å². The van der Waals surface area contributed by atoms with Gasteiger partial charge in [-0.15, -0.1) is 0 Å². The van der Waals surface area contributed by atoms with E-state index in [4.69, 9.17) is 9.47 Å². The third kappa shape index (κ3) is 3.45. The van der Waals surface area contributed by atoms with Gasteiger partial charge in [-0.1, -0.05) is 18.2 Å². The van der Waals surface area contributed by atoms with Gasteiger partial charge in [0, 0.05) is 0 Å². The molecule has 102 valence electrons. The van der Waals surface area contributed by atoms with Crippen molar-refractivity contribution in [2.45, 2.75) is 34.6 Å². The second kappa shape index (κ2) is 6.99. The third-order valence-corrected chi connectivity index (χ3v) is 2.37. The van der Waals surface area contributed by atoms with Crippen LogP contribution in [-0.2, 0) is 19.1 Å². The summed E-state index contributed by atoms with van der Waals surface area (Å²) in [4.78, 5) is 24.3. The summed E-state index contributed by atoms with van der Waals surface area (Å²) in [5, 5.41) is 0. The highest BCUT2D eigenvalue weighted by molar-refractivity contribution is 6.05. The summed E-state index contributed by atoms with van der Waals surface area (Å²) in [6.45, 7) is 12.7. The van der Waals surface area contributed by atoms with Gasteiger partial charge in [0.2, 0.25) is 5.41 Å². The van der Waals surface area contributed by atoms with Crippen molar-refractivity contribution in [1.82, 2.24) is 0 Å². The molecule has 0 saturated carbocycles. The largest absolute Gasteiger partial charge is 0.465 e. The monoisotopic (exact) mass is 254 g/mol. The fraction of sp³-hybridized carbons (Fsp3) is 0.571. The molecule has 0 fully saturated rings. The molecule has 0 saturated heterocycles. The standard InChI is InChI=1S/C14H22O4/c1-7-17-12(15)14(11(5)6,9-10(3)4)13(16)18-8-2/h9H,5,7-8H2,1-4,6H3. The fourth-order valence-corrected chi connectivity index (χ4v) is 1.60. The maximum Gasteiger partial charge on any atom is 0.331 e. The van der Waals surface area contributed by atoms with E-state index in [1.54, 1.807) is 40.7 Å². The van der Waals surface area contributed by atoms with Crippen LogP contribution in [0.25, 0.3) is 0 Å². The molecule has 0 unspecified atom stereocenters. The summed E-state index contributed by atoms with van der Waals surface area (Å²) in [6, 6.07) is 0. The Hall–Kier alpha value is -1.58.